The number of nitrogens with one attached hydrogen (secondary N) is 1. The number of anilines is 1. The van der Waals surface area contributed by atoms with Crippen molar-refractivity contribution in [2.75, 3.05) is 18.0 Å². The number of ether oxygens (including phenoxy) is 1. The van der Waals surface area contributed by atoms with Crippen molar-refractivity contribution >= 4 is 23.4 Å². The summed E-state index contributed by atoms with van der Waals surface area (Å²) in [4.78, 5) is 41.8. The van der Waals surface area contributed by atoms with Crippen LogP contribution in [0.3, 0.4) is 0 Å². The molecule has 7 nitrogen and oxygen atoms in total. The van der Waals surface area contributed by atoms with Crippen molar-refractivity contribution in [1.82, 2.24) is 10.2 Å². The first-order valence-corrected chi connectivity index (χ1v) is 11.6. The van der Waals surface area contributed by atoms with Gasteiger partial charge in [-0.05, 0) is 63.4 Å². The Labute approximate surface area is 194 Å². The van der Waals surface area contributed by atoms with E-state index in [4.69, 9.17) is 4.74 Å². The second-order valence-electron chi connectivity index (χ2n) is 9.08. The van der Waals surface area contributed by atoms with E-state index in [0.29, 0.717) is 37.1 Å². The lowest BCUT2D eigenvalue weighted by Crippen LogP contribution is -2.62. The van der Waals surface area contributed by atoms with Gasteiger partial charge in [-0.1, -0.05) is 24.3 Å². The highest BCUT2D eigenvalue weighted by Crippen LogP contribution is 2.43. The maximum Gasteiger partial charge on any atom is 0.257 e. The van der Waals surface area contributed by atoms with Gasteiger partial charge in [-0.2, -0.15) is 0 Å². The Morgan fingerprint density at radius 3 is 2.58 bits per heavy atom. The summed E-state index contributed by atoms with van der Waals surface area (Å²) < 4.78 is 5.65. The molecule has 0 radical (unpaired) electrons. The molecule has 1 atom stereocenters. The van der Waals surface area contributed by atoms with Crippen LogP contribution in [0.4, 0.5) is 5.69 Å². The minimum Gasteiger partial charge on any atom is -0.491 e. The molecule has 2 heterocycles. The van der Waals surface area contributed by atoms with E-state index in [2.05, 4.69) is 5.32 Å². The molecule has 2 aliphatic heterocycles. The fourth-order valence-corrected chi connectivity index (χ4v) is 4.70. The molecule has 1 saturated heterocycles. The lowest BCUT2D eigenvalue weighted by atomic mass is 9.98. The molecule has 3 amide bonds. The van der Waals surface area contributed by atoms with Crippen LogP contribution in [0, 0.1) is 0 Å². The molecular formula is C26H31N3O4. The van der Waals surface area contributed by atoms with Crippen LogP contribution < -0.4 is 15.0 Å². The summed E-state index contributed by atoms with van der Waals surface area (Å²) in [5.41, 5.74) is 1.55. The molecule has 0 bridgehead atoms. The summed E-state index contributed by atoms with van der Waals surface area (Å²) in [5.74, 6) is 0.603. The van der Waals surface area contributed by atoms with Crippen LogP contribution in [0.5, 0.6) is 5.75 Å². The second kappa shape index (κ2) is 9.25. The van der Waals surface area contributed by atoms with Gasteiger partial charge < -0.3 is 15.0 Å². The number of rotatable bonds is 8. The topological polar surface area (TPSA) is 79.0 Å². The molecule has 1 fully saturated rings. The number of benzene rings is 2. The van der Waals surface area contributed by atoms with Crippen molar-refractivity contribution in [3.63, 3.8) is 0 Å². The zero-order valence-corrected chi connectivity index (χ0v) is 19.5. The zero-order chi connectivity index (χ0) is 23.6. The van der Waals surface area contributed by atoms with Crippen LogP contribution in [-0.4, -0.2) is 47.5 Å². The Bertz CT molecular complexity index is 1050. The number of hydrogen-bond acceptors (Lipinski definition) is 4. The summed E-state index contributed by atoms with van der Waals surface area (Å²) >= 11 is 0. The first-order valence-electron chi connectivity index (χ1n) is 11.6. The fourth-order valence-electron chi connectivity index (χ4n) is 4.70. The van der Waals surface area contributed by atoms with Gasteiger partial charge in [0.15, 0.2) is 0 Å². The SMILES string of the molecule is CC(C)Oc1ccc(CCNC(=O)CCN2C(=O)c3ccccc3N3C(=O)CCC23C)cc1. The maximum atomic E-state index is 13.2. The average Bonchev–Trinajstić information content (AvgIpc) is 3.09. The van der Waals surface area contributed by atoms with Gasteiger partial charge in [0.1, 0.15) is 11.4 Å². The summed E-state index contributed by atoms with van der Waals surface area (Å²) in [6.07, 6.45) is 1.98. The lowest BCUT2D eigenvalue weighted by Gasteiger charge is -2.48. The predicted octanol–water partition coefficient (Wildman–Crippen LogP) is 3.52. The predicted molar refractivity (Wildman–Crippen MR) is 126 cm³/mol. The Hall–Kier alpha value is -3.35. The molecule has 2 aliphatic rings. The van der Waals surface area contributed by atoms with Crippen LogP contribution in [0.15, 0.2) is 48.5 Å². The van der Waals surface area contributed by atoms with E-state index >= 15 is 0 Å². The largest absolute Gasteiger partial charge is 0.491 e. The van der Waals surface area contributed by atoms with Crippen molar-refractivity contribution in [2.45, 2.75) is 58.2 Å². The molecule has 33 heavy (non-hydrogen) atoms. The molecular weight excluding hydrogens is 418 g/mol. The maximum absolute atomic E-state index is 13.2. The van der Waals surface area contributed by atoms with Gasteiger partial charge in [-0.15, -0.1) is 0 Å². The van der Waals surface area contributed by atoms with E-state index in [1.807, 2.05) is 57.2 Å². The Morgan fingerprint density at radius 1 is 1.12 bits per heavy atom. The average molecular weight is 450 g/mol. The lowest BCUT2D eigenvalue weighted by molar-refractivity contribution is -0.121. The molecule has 2 aromatic rings. The van der Waals surface area contributed by atoms with Crippen molar-refractivity contribution in [1.29, 1.82) is 0 Å². The molecule has 174 valence electrons. The molecule has 4 rings (SSSR count). The van der Waals surface area contributed by atoms with Crippen molar-refractivity contribution in [3.05, 3.63) is 59.7 Å². The second-order valence-corrected chi connectivity index (χ2v) is 9.08. The minimum atomic E-state index is -0.734. The first-order chi connectivity index (χ1) is 15.8. The summed E-state index contributed by atoms with van der Waals surface area (Å²) in [6, 6.07) is 15.1. The number of para-hydroxylation sites is 1. The Balaban J connectivity index is 1.33. The third-order valence-electron chi connectivity index (χ3n) is 6.34. The molecule has 0 saturated carbocycles. The van der Waals surface area contributed by atoms with Crippen molar-refractivity contribution < 1.29 is 19.1 Å². The number of fused-ring (bicyclic) bond motifs is 3. The van der Waals surface area contributed by atoms with E-state index < -0.39 is 5.66 Å². The van der Waals surface area contributed by atoms with Crippen LogP contribution in [0.25, 0.3) is 0 Å². The van der Waals surface area contributed by atoms with Crippen LogP contribution in [-0.2, 0) is 16.0 Å². The highest BCUT2D eigenvalue weighted by atomic mass is 16.5. The summed E-state index contributed by atoms with van der Waals surface area (Å²) in [7, 11) is 0. The van der Waals surface area contributed by atoms with E-state index in [9.17, 15) is 14.4 Å². The standard InChI is InChI=1S/C26H31N3O4/c1-18(2)33-20-10-8-19(9-11-20)13-16-27-23(30)14-17-28-25(32)21-6-4-5-7-22(21)29-24(31)12-15-26(28,29)3/h4-11,18H,12-17H2,1-3H3,(H,27,30). The molecule has 0 spiro atoms. The van der Waals surface area contributed by atoms with Crippen LogP contribution in [0.1, 0.15) is 56.0 Å². The fraction of sp³-hybridized carbons (Fsp3) is 0.423. The van der Waals surface area contributed by atoms with Gasteiger partial charge in [0.2, 0.25) is 11.8 Å². The van der Waals surface area contributed by atoms with E-state index in [1.54, 1.807) is 21.9 Å². The van der Waals surface area contributed by atoms with Gasteiger partial charge in [-0.3, -0.25) is 19.3 Å². The van der Waals surface area contributed by atoms with Gasteiger partial charge in [-0.25, -0.2) is 0 Å². The van der Waals surface area contributed by atoms with Gasteiger partial charge in [0, 0.05) is 25.9 Å². The molecule has 1 N–H and O–H groups in total. The summed E-state index contributed by atoms with van der Waals surface area (Å²) in [5, 5.41) is 2.94. The van der Waals surface area contributed by atoms with Crippen LogP contribution >= 0.6 is 0 Å². The third kappa shape index (κ3) is 4.58. The Kier molecular flexibility index (Phi) is 6.40. The number of carbonyl (C=O) groups is 3. The molecule has 0 aromatic heterocycles. The normalized spacial score (nSPS) is 19.5. The Morgan fingerprint density at radius 2 is 1.85 bits per heavy atom. The van der Waals surface area contributed by atoms with E-state index in [0.717, 1.165) is 11.3 Å². The van der Waals surface area contributed by atoms with E-state index in [-0.39, 0.29) is 36.8 Å². The third-order valence-corrected chi connectivity index (χ3v) is 6.34. The van der Waals surface area contributed by atoms with Gasteiger partial charge in [0.25, 0.3) is 5.91 Å². The van der Waals surface area contributed by atoms with Gasteiger partial charge in [0.05, 0.1) is 17.4 Å². The van der Waals surface area contributed by atoms with Crippen molar-refractivity contribution in [2.24, 2.45) is 0 Å². The quantitative estimate of drug-likeness (QED) is 0.669. The molecule has 0 aliphatic carbocycles. The number of nitrogens with zero attached hydrogens (tertiary/aromatic N) is 2. The first kappa shape index (κ1) is 22.8. The van der Waals surface area contributed by atoms with E-state index in [1.165, 1.54) is 0 Å². The molecule has 1 unspecified atom stereocenters. The number of carbonyl (C=O) groups excluding carboxylic acids is 3. The van der Waals surface area contributed by atoms with Crippen LogP contribution in [0.2, 0.25) is 0 Å². The van der Waals surface area contributed by atoms with Crippen molar-refractivity contribution in [3.8, 4) is 5.75 Å². The molecule has 2 aromatic carbocycles. The highest BCUT2D eigenvalue weighted by molar-refractivity contribution is 6.10. The molecule has 7 heteroatoms. The summed E-state index contributed by atoms with van der Waals surface area (Å²) in [6.45, 7) is 6.67. The monoisotopic (exact) mass is 449 g/mol. The highest BCUT2D eigenvalue weighted by Gasteiger charge is 2.52. The number of amides is 3. The zero-order valence-electron chi connectivity index (χ0n) is 19.5. The smallest absolute Gasteiger partial charge is 0.257 e. The minimum absolute atomic E-state index is 0.0108. The number of hydrogen-bond donors (Lipinski definition) is 1. The van der Waals surface area contributed by atoms with Gasteiger partial charge >= 0.3 is 0 Å².